The SMILES string of the molecule is NC1CCC2CN(Cc3csc(-c4ccsc4)n3)CC12. The maximum absolute atomic E-state index is 6.20. The van der Waals surface area contributed by atoms with E-state index in [-0.39, 0.29) is 0 Å². The minimum absolute atomic E-state index is 0.432. The molecule has 0 aromatic carbocycles. The first kappa shape index (κ1) is 13.0. The molecule has 3 atom stereocenters. The van der Waals surface area contributed by atoms with Crippen LogP contribution in [0.1, 0.15) is 18.5 Å². The van der Waals surface area contributed by atoms with Gasteiger partial charge in [-0.15, -0.1) is 11.3 Å². The van der Waals surface area contributed by atoms with E-state index < -0.39 is 0 Å². The second-order valence-electron chi connectivity index (χ2n) is 6.02. The highest BCUT2D eigenvalue weighted by atomic mass is 32.1. The van der Waals surface area contributed by atoms with Gasteiger partial charge in [0.2, 0.25) is 0 Å². The number of fused-ring (bicyclic) bond motifs is 1. The normalized spacial score (nSPS) is 29.9. The van der Waals surface area contributed by atoms with Crippen LogP contribution in [0.3, 0.4) is 0 Å². The third-order valence-corrected chi connectivity index (χ3v) is 6.32. The lowest BCUT2D eigenvalue weighted by molar-refractivity contribution is 0.295. The average Bonchev–Trinajstić information content (AvgIpc) is 3.17. The molecule has 1 saturated carbocycles. The summed E-state index contributed by atoms with van der Waals surface area (Å²) in [4.78, 5) is 7.32. The summed E-state index contributed by atoms with van der Waals surface area (Å²) < 4.78 is 0. The number of likely N-dealkylation sites (tertiary alicyclic amines) is 1. The van der Waals surface area contributed by atoms with Crippen LogP contribution in [0.25, 0.3) is 10.6 Å². The Morgan fingerprint density at radius 2 is 2.25 bits per heavy atom. The quantitative estimate of drug-likeness (QED) is 0.948. The topological polar surface area (TPSA) is 42.1 Å². The molecule has 1 aliphatic carbocycles. The first-order chi connectivity index (χ1) is 9.79. The maximum atomic E-state index is 6.20. The van der Waals surface area contributed by atoms with E-state index >= 15 is 0 Å². The fourth-order valence-corrected chi connectivity index (χ4v) is 5.18. The summed E-state index contributed by atoms with van der Waals surface area (Å²) in [5.74, 6) is 1.56. The number of hydrogen-bond acceptors (Lipinski definition) is 5. The number of nitrogens with zero attached hydrogens (tertiary/aromatic N) is 2. The van der Waals surface area contributed by atoms with Crippen molar-refractivity contribution in [2.24, 2.45) is 17.6 Å². The molecule has 1 aliphatic heterocycles. The van der Waals surface area contributed by atoms with Crippen LogP contribution in [0, 0.1) is 11.8 Å². The van der Waals surface area contributed by atoms with Crippen molar-refractivity contribution in [1.82, 2.24) is 9.88 Å². The van der Waals surface area contributed by atoms with Gasteiger partial charge in [0.05, 0.1) is 5.69 Å². The van der Waals surface area contributed by atoms with Crippen LogP contribution >= 0.6 is 22.7 Å². The van der Waals surface area contributed by atoms with E-state index in [9.17, 15) is 0 Å². The van der Waals surface area contributed by atoms with Crippen molar-refractivity contribution in [3.8, 4) is 10.6 Å². The van der Waals surface area contributed by atoms with Crippen LogP contribution in [0.5, 0.6) is 0 Å². The van der Waals surface area contributed by atoms with Crippen molar-refractivity contribution in [2.75, 3.05) is 13.1 Å². The van der Waals surface area contributed by atoms with Gasteiger partial charge in [-0.1, -0.05) is 0 Å². The van der Waals surface area contributed by atoms with Crippen LogP contribution in [0.15, 0.2) is 22.2 Å². The van der Waals surface area contributed by atoms with Gasteiger partial charge in [-0.3, -0.25) is 4.90 Å². The van der Waals surface area contributed by atoms with Crippen molar-refractivity contribution in [3.05, 3.63) is 27.9 Å². The Morgan fingerprint density at radius 3 is 3.05 bits per heavy atom. The van der Waals surface area contributed by atoms with E-state index in [0.29, 0.717) is 6.04 Å². The van der Waals surface area contributed by atoms with Gasteiger partial charge in [0.25, 0.3) is 0 Å². The Morgan fingerprint density at radius 1 is 1.30 bits per heavy atom. The Bertz CT molecular complexity index is 578. The van der Waals surface area contributed by atoms with Gasteiger partial charge in [0, 0.05) is 42.0 Å². The molecule has 0 bridgehead atoms. The zero-order valence-electron chi connectivity index (χ0n) is 11.4. The van der Waals surface area contributed by atoms with Crippen molar-refractivity contribution >= 4 is 22.7 Å². The first-order valence-corrected chi connectivity index (χ1v) is 9.07. The van der Waals surface area contributed by atoms with Gasteiger partial charge in [0.15, 0.2) is 0 Å². The molecular weight excluding hydrogens is 286 g/mol. The van der Waals surface area contributed by atoms with Crippen LogP contribution in [-0.2, 0) is 6.54 Å². The molecule has 0 amide bonds. The molecule has 1 saturated heterocycles. The molecule has 2 aromatic rings. The lowest BCUT2D eigenvalue weighted by atomic mass is 9.98. The average molecular weight is 305 g/mol. The molecule has 3 heterocycles. The van der Waals surface area contributed by atoms with Gasteiger partial charge < -0.3 is 5.73 Å². The molecule has 2 aromatic heterocycles. The Balaban J connectivity index is 1.43. The molecule has 0 radical (unpaired) electrons. The zero-order chi connectivity index (χ0) is 13.5. The summed E-state index contributed by atoms with van der Waals surface area (Å²) in [6, 6.07) is 2.58. The van der Waals surface area contributed by atoms with Crippen LogP contribution in [-0.4, -0.2) is 29.0 Å². The van der Waals surface area contributed by atoms with Crippen molar-refractivity contribution in [3.63, 3.8) is 0 Å². The van der Waals surface area contributed by atoms with Gasteiger partial charge in [-0.2, -0.15) is 11.3 Å². The number of thiophene rings is 1. The predicted molar refractivity (Wildman–Crippen MR) is 84.9 cm³/mol. The minimum Gasteiger partial charge on any atom is -0.327 e. The van der Waals surface area contributed by atoms with Gasteiger partial charge in [-0.25, -0.2) is 4.98 Å². The minimum atomic E-state index is 0.432. The number of aromatic nitrogens is 1. The molecule has 0 spiro atoms. The summed E-state index contributed by atoms with van der Waals surface area (Å²) in [6.07, 6.45) is 2.54. The molecule has 20 heavy (non-hydrogen) atoms. The Kier molecular flexibility index (Phi) is 3.38. The highest BCUT2D eigenvalue weighted by Gasteiger charge is 2.40. The molecule has 3 unspecified atom stereocenters. The molecule has 3 nitrogen and oxygen atoms in total. The molecular formula is C15H19N3S2. The summed E-state index contributed by atoms with van der Waals surface area (Å²) in [7, 11) is 0. The molecule has 2 N–H and O–H groups in total. The lowest BCUT2D eigenvalue weighted by Gasteiger charge is -2.16. The lowest BCUT2D eigenvalue weighted by Crippen LogP contribution is -2.30. The van der Waals surface area contributed by atoms with E-state index in [4.69, 9.17) is 10.7 Å². The first-order valence-electron chi connectivity index (χ1n) is 7.24. The predicted octanol–water partition coefficient (Wildman–Crippen LogP) is 3.04. The number of hydrogen-bond donors (Lipinski definition) is 1. The van der Waals surface area contributed by atoms with E-state index in [0.717, 1.165) is 29.9 Å². The smallest absolute Gasteiger partial charge is 0.124 e. The van der Waals surface area contributed by atoms with Gasteiger partial charge in [0.1, 0.15) is 5.01 Å². The highest BCUT2D eigenvalue weighted by Crippen LogP contribution is 2.37. The Labute approximate surface area is 127 Å². The number of rotatable bonds is 3. The molecule has 2 fully saturated rings. The monoisotopic (exact) mass is 305 g/mol. The van der Waals surface area contributed by atoms with Crippen molar-refractivity contribution < 1.29 is 0 Å². The van der Waals surface area contributed by atoms with Crippen LogP contribution < -0.4 is 5.73 Å². The summed E-state index contributed by atoms with van der Waals surface area (Å²) >= 11 is 3.49. The van der Waals surface area contributed by atoms with Crippen molar-refractivity contribution in [1.29, 1.82) is 0 Å². The van der Waals surface area contributed by atoms with E-state index in [2.05, 4.69) is 27.1 Å². The maximum Gasteiger partial charge on any atom is 0.124 e. The third-order valence-electron chi connectivity index (χ3n) is 4.69. The number of nitrogens with two attached hydrogens (primary N) is 1. The molecule has 5 heteroatoms. The fourth-order valence-electron chi connectivity index (χ4n) is 3.66. The van der Waals surface area contributed by atoms with Gasteiger partial charge in [-0.05, 0) is 36.1 Å². The summed E-state index contributed by atoms with van der Waals surface area (Å²) in [5, 5.41) is 7.64. The van der Waals surface area contributed by atoms with E-state index in [1.807, 2.05) is 0 Å². The summed E-state index contributed by atoms with van der Waals surface area (Å²) in [6.45, 7) is 3.36. The number of thiazole rings is 1. The van der Waals surface area contributed by atoms with Crippen LogP contribution in [0.2, 0.25) is 0 Å². The summed E-state index contributed by atoms with van der Waals surface area (Å²) in [5.41, 5.74) is 8.67. The zero-order valence-corrected chi connectivity index (χ0v) is 13.0. The van der Waals surface area contributed by atoms with E-state index in [1.165, 1.54) is 30.6 Å². The molecule has 106 valence electrons. The standard InChI is InChI=1S/C15H19N3S2/c16-14-2-1-10-5-18(7-13(10)14)6-12-9-20-15(17-12)11-3-4-19-8-11/h3-4,8-10,13-14H,1-2,5-7,16H2. The van der Waals surface area contributed by atoms with Crippen molar-refractivity contribution in [2.45, 2.75) is 25.4 Å². The third kappa shape index (κ3) is 2.33. The highest BCUT2D eigenvalue weighted by molar-refractivity contribution is 7.14. The Hall–Kier alpha value is -0.750. The molecule has 2 aliphatic rings. The van der Waals surface area contributed by atoms with Gasteiger partial charge >= 0.3 is 0 Å². The fraction of sp³-hybridized carbons (Fsp3) is 0.533. The van der Waals surface area contributed by atoms with E-state index in [1.54, 1.807) is 22.7 Å². The second kappa shape index (κ2) is 5.22. The molecule has 4 rings (SSSR count). The second-order valence-corrected chi connectivity index (χ2v) is 7.65. The largest absolute Gasteiger partial charge is 0.327 e. The van der Waals surface area contributed by atoms with Crippen LogP contribution in [0.4, 0.5) is 0 Å².